The second kappa shape index (κ2) is 4.55. The van der Waals surface area contributed by atoms with Crippen LogP contribution in [0, 0.1) is 0 Å². The summed E-state index contributed by atoms with van der Waals surface area (Å²) in [6, 6.07) is 7.68. The first-order valence-corrected chi connectivity index (χ1v) is 4.04. The normalized spacial score (nSPS) is 9.71. The SMILES string of the molecule is O=C(O)Cc1c[nH]c2ccccc12.[In]. The van der Waals surface area contributed by atoms with Crippen LogP contribution in [0.25, 0.3) is 10.9 Å². The molecule has 0 spiro atoms. The van der Waals surface area contributed by atoms with E-state index < -0.39 is 5.97 Å². The van der Waals surface area contributed by atoms with Crippen molar-refractivity contribution >= 4 is 42.7 Å². The third-order valence-electron chi connectivity index (χ3n) is 2.02. The summed E-state index contributed by atoms with van der Waals surface area (Å²) < 4.78 is 0. The maximum Gasteiger partial charge on any atom is 0.307 e. The van der Waals surface area contributed by atoms with E-state index in [1.165, 1.54) is 0 Å². The number of benzene rings is 1. The maximum absolute atomic E-state index is 10.5. The van der Waals surface area contributed by atoms with E-state index in [2.05, 4.69) is 4.98 Å². The number of aromatic amines is 1. The molecule has 0 aliphatic carbocycles. The number of hydrogen-bond donors (Lipinski definition) is 2. The molecule has 3 nitrogen and oxygen atoms in total. The summed E-state index contributed by atoms with van der Waals surface area (Å²) in [5.41, 5.74) is 1.82. The number of fused-ring (bicyclic) bond motifs is 1. The molecule has 0 bridgehead atoms. The maximum atomic E-state index is 10.5. The van der Waals surface area contributed by atoms with Crippen molar-refractivity contribution in [2.75, 3.05) is 0 Å². The molecule has 3 radical (unpaired) electrons. The van der Waals surface area contributed by atoms with Crippen LogP contribution in [-0.4, -0.2) is 41.9 Å². The molecule has 2 rings (SSSR count). The molecular weight excluding hydrogens is 281 g/mol. The molecule has 2 N–H and O–H groups in total. The molecule has 0 atom stereocenters. The predicted octanol–water partition coefficient (Wildman–Crippen LogP) is 1.41. The van der Waals surface area contributed by atoms with Gasteiger partial charge in [0.2, 0.25) is 0 Å². The number of aromatic nitrogens is 1. The second-order valence-electron chi connectivity index (χ2n) is 2.93. The van der Waals surface area contributed by atoms with E-state index in [0.717, 1.165) is 16.5 Å². The summed E-state index contributed by atoms with van der Waals surface area (Å²) in [6.45, 7) is 0. The van der Waals surface area contributed by atoms with Gasteiger partial charge in [0.1, 0.15) is 0 Å². The zero-order valence-electron chi connectivity index (χ0n) is 7.53. The minimum Gasteiger partial charge on any atom is -0.481 e. The zero-order chi connectivity index (χ0) is 9.26. The number of carboxylic acid groups (broad SMARTS) is 1. The Morgan fingerprint density at radius 1 is 1.36 bits per heavy atom. The van der Waals surface area contributed by atoms with Crippen molar-refractivity contribution in [1.82, 2.24) is 4.98 Å². The van der Waals surface area contributed by atoms with Crippen molar-refractivity contribution in [3.63, 3.8) is 0 Å². The van der Waals surface area contributed by atoms with Crippen LogP contribution >= 0.6 is 0 Å². The van der Waals surface area contributed by atoms with Crippen LogP contribution < -0.4 is 0 Å². The number of nitrogens with one attached hydrogen (secondary N) is 1. The van der Waals surface area contributed by atoms with Gasteiger partial charge in [0.15, 0.2) is 0 Å². The first-order valence-electron chi connectivity index (χ1n) is 4.04. The Labute approximate surface area is 99.9 Å². The average Bonchev–Trinajstić information content (AvgIpc) is 2.48. The molecule has 1 aromatic heterocycles. The monoisotopic (exact) mass is 290 g/mol. The minimum atomic E-state index is -0.801. The van der Waals surface area contributed by atoms with Crippen molar-refractivity contribution in [1.29, 1.82) is 0 Å². The molecule has 4 heteroatoms. The molecule has 0 aliphatic heterocycles. The van der Waals surface area contributed by atoms with Crippen LogP contribution in [0.5, 0.6) is 0 Å². The number of rotatable bonds is 2. The third kappa shape index (κ3) is 2.12. The van der Waals surface area contributed by atoms with E-state index in [1.807, 2.05) is 24.3 Å². The largest absolute Gasteiger partial charge is 0.481 e. The number of carboxylic acids is 1. The van der Waals surface area contributed by atoms with Gasteiger partial charge in [-0.2, -0.15) is 0 Å². The Kier molecular flexibility index (Phi) is 3.63. The van der Waals surface area contributed by atoms with Crippen molar-refractivity contribution < 1.29 is 9.90 Å². The number of para-hydroxylation sites is 1. The number of carbonyl (C=O) groups is 1. The van der Waals surface area contributed by atoms with Crippen LogP contribution in [0.3, 0.4) is 0 Å². The van der Waals surface area contributed by atoms with Gasteiger partial charge in [0.05, 0.1) is 6.42 Å². The van der Waals surface area contributed by atoms with E-state index >= 15 is 0 Å². The van der Waals surface area contributed by atoms with Gasteiger partial charge in [0, 0.05) is 42.9 Å². The Morgan fingerprint density at radius 3 is 2.79 bits per heavy atom. The van der Waals surface area contributed by atoms with Crippen molar-refractivity contribution in [2.45, 2.75) is 6.42 Å². The summed E-state index contributed by atoms with van der Waals surface area (Å²) in [5, 5.41) is 9.62. The standard InChI is InChI=1S/C10H9NO2.In/c12-10(13)5-7-6-11-9-4-2-1-3-8(7)9;/h1-4,6,11H,5H2,(H,12,13);. The molecule has 14 heavy (non-hydrogen) atoms. The molecule has 0 amide bonds. The molecule has 0 unspecified atom stereocenters. The Hall–Kier alpha value is -0.900. The van der Waals surface area contributed by atoms with E-state index in [9.17, 15) is 4.79 Å². The second-order valence-corrected chi connectivity index (χ2v) is 2.93. The molecule has 0 saturated carbocycles. The van der Waals surface area contributed by atoms with E-state index in [0.29, 0.717) is 0 Å². The smallest absolute Gasteiger partial charge is 0.307 e. The predicted molar refractivity (Wildman–Crippen MR) is 55.4 cm³/mol. The van der Waals surface area contributed by atoms with Crippen molar-refractivity contribution in [2.24, 2.45) is 0 Å². The Morgan fingerprint density at radius 2 is 2.07 bits per heavy atom. The Bertz CT molecular complexity index is 450. The molecular formula is C10H9InNO2. The quantitative estimate of drug-likeness (QED) is 0.878. The molecule has 69 valence electrons. The fraction of sp³-hybridized carbons (Fsp3) is 0.100. The van der Waals surface area contributed by atoms with E-state index in [1.54, 1.807) is 6.20 Å². The minimum absolute atomic E-state index is 0. The van der Waals surface area contributed by atoms with Gasteiger partial charge in [-0.3, -0.25) is 4.79 Å². The summed E-state index contributed by atoms with van der Waals surface area (Å²) in [7, 11) is 0. The van der Waals surface area contributed by atoms with Crippen LogP contribution in [0.4, 0.5) is 0 Å². The number of H-pyrrole nitrogens is 1. The third-order valence-corrected chi connectivity index (χ3v) is 2.02. The Balaban J connectivity index is 0.000000980. The fourth-order valence-electron chi connectivity index (χ4n) is 1.44. The van der Waals surface area contributed by atoms with Gasteiger partial charge in [-0.15, -0.1) is 0 Å². The number of aliphatic carboxylic acids is 1. The summed E-state index contributed by atoms with van der Waals surface area (Å²) in [5.74, 6) is -0.801. The van der Waals surface area contributed by atoms with Crippen LogP contribution in [0.15, 0.2) is 30.5 Å². The topological polar surface area (TPSA) is 53.1 Å². The van der Waals surface area contributed by atoms with Gasteiger partial charge >= 0.3 is 5.97 Å². The van der Waals surface area contributed by atoms with Crippen LogP contribution in [0.1, 0.15) is 5.56 Å². The van der Waals surface area contributed by atoms with Crippen LogP contribution in [0.2, 0.25) is 0 Å². The first kappa shape index (κ1) is 11.2. The first-order chi connectivity index (χ1) is 6.27. The zero-order valence-corrected chi connectivity index (χ0v) is 10.8. The molecule has 1 aromatic carbocycles. The molecule has 2 aromatic rings. The molecule has 0 saturated heterocycles. The summed E-state index contributed by atoms with van der Waals surface area (Å²) in [6.07, 6.45) is 1.82. The van der Waals surface area contributed by atoms with Crippen LogP contribution in [-0.2, 0) is 11.2 Å². The molecule has 0 fully saturated rings. The van der Waals surface area contributed by atoms with Crippen molar-refractivity contribution in [3.8, 4) is 0 Å². The summed E-state index contributed by atoms with van der Waals surface area (Å²) in [4.78, 5) is 13.5. The number of hydrogen-bond acceptors (Lipinski definition) is 1. The molecule has 1 heterocycles. The summed E-state index contributed by atoms with van der Waals surface area (Å²) >= 11 is 0. The average molecular weight is 290 g/mol. The van der Waals surface area contributed by atoms with Gasteiger partial charge in [-0.1, -0.05) is 18.2 Å². The van der Waals surface area contributed by atoms with Gasteiger partial charge < -0.3 is 10.1 Å². The van der Waals surface area contributed by atoms with E-state index in [-0.39, 0.29) is 32.3 Å². The van der Waals surface area contributed by atoms with Gasteiger partial charge in [0.25, 0.3) is 0 Å². The van der Waals surface area contributed by atoms with Crippen molar-refractivity contribution in [3.05, 3.63) is 36.0 Å². The van der Waals surface area contributed by atoms with E-state index in [4.69, 9.17) is 5.11 Å². The fourth-order valence-corrected chi connectivity index (χ4v) is 1.44. The van der Waals surface area contributed by atoms with Gasteiger partial charge in [-0.25, -0.2) is 0 Å². The molecule has 0 aliphatic rings. The van der Waals surface area contributed by atoms with Gasteiger partial charge in [-0.05, 0) is 11.6 Å².